The zero-order valence-electron chi connectivity index (χ0n) is 19.7. The van der Waals surface area contributed by atoms with Crippen LogP contribution in [0.2, 0.25) is 0 Å². The number of benzene rings is 1. The van der Waals surface area contributed by atoms with Gasteiger partial charge in [0, 0.05) is 25.4 Å². The highest BCUT2D eigenvalue weighted by Gasteiger charge is 2.56. The van der Waals surface area contributed by atoms with Gasteiger partial charge in [-0.05, 0) is 57.1 Å². The van der Waals surface area contributed by atoms with Crippen molar-refractivity contribution in [1.82, 2.24) is 9.80 Å². The smallest absolute Gasteiger partial charge is 0.328 e. The van der Waals surface area contributed by atoms with Crippen LogP contribution in [-0.2, 0) is 29.3 Å². The van der Waals surface area contributed by atoms with Crippen molar-refractivity contribution < 1.29 is 23.9 Å². The maximum atomic E-state index is 14.0. The minimum absolute atomic E-state index is 0.00314. The normalized spacial score (nSPS) is 26.2. The van der Waals surface area contributed by atoms with Gasteiger partial charge < -0.3 is 9.64 Å². The Kier molecular flexibility index (Phi) is 6.86. The lowest BCUT2D eigenvalue weighted by Gasteiger charge is -2.37. The van der Waals surface area contributed by atoms with Gasteiger partial charge >= 0.3 is 5.97 Å². The van der Waals surface area contributed by atoms with Gasteiger partial charge in [0.15, 0.2) is 0 Å². The van der Waals surface area contributed by atoms with Crippen LogP contribution in [0.15, 0.2) is 24.3 Å². The number of rotatable bonds is 6. The molecule has 178 valence electrons. The summed E-state index contributed by atoms with van der Waals surface area (Å²) in [4.78, 5) is 56.4. The highest BCUT2D eigenvalue weighted by atomic mass is 16.5. The lowest BCUT2D eigenvalue weighted by Crippen LogP contribution is -2.52. The summed E-state index contributed by atoms with van der Waals surface area (Å²) < 4.78 is 5.22. The summed E-state index contributed by atoms with van der Waals surface area (Å²) in [7, 11) is 0. The summed E-state index contributed by atoms with van der Waals surface area (Å²) in [6.07, 6.45) is 5.77. The second kappa shape index (κ2) is 9.65. The summed E-state index contributed by atoms with van der Waals surface area (Å²) in [6.45, 7) is 4.38. The summed E-state index contributed by atoms with van der Waals surface area (Å²) in [5.41, 5.74) is 0.404. The molecule has 1 aromatic rings. The van der Waals surface area contributed by atoms with E-state index in [0.717, 1.165) is 49.7 Å². The third kappa shape index (κ3) is 4.30. The number of nitrogens with zero attached hydrogens (tertiary/aromatic N) is 2. The van der Waals surface area contributed by atoms with Gasteiger partial charge in [-0.3, -0.25) is 19.3 Å². The van der Waals surface area contributed by atoms with E-state index in [1.54, 1.807) is 11.8 Å². The van der Waals surface area contributed by atoms with Crippen LogP contribution in [0.3, 0.4) is 0 Å². The van der Waals surface area contributed by atoms with Crippen LogP contribution in [0.5, 0.6) is 0 Å². The fourth-order valence-corrected chi connectivity index (χ4v) is 5.92. The lowest BCUT2D eigenvalue weighted by atomic mass is 9.73. The number of imide groups is 1. The second-order valence-electron chi connectivity index (χ2n) is 9.61. The molecule has 2 saturated heterocycles. The monoisotopic (exact) mass is 454 g/mol. The number of hydrogen-bond donors (Lipinski definition) is 0. The van der Waals surface area contributed by atoms with Crippen molar-refractivity contribution in [3.05, 3.63) is 35.4 Å². The molecule has 7 heteroatoms. The molecule has 33 heavy (non-hydrogen) atoms. The Morgan fingerprint density at radius 2 is 1.76 bits per heavy atom. The molecule has 0 spiro atoms. The van der Waals surface area contributed by atoms with E-state index < -0.39 is 17.4 Å². The van der Waals surface area contributed by atoms with Crippen LogP contribution >= 0.6 is 0 Å². The SMILES string of the molecule is CCOC(=O)[C@H]1CCCCN1C(=O)C[C@]1(c2ccccc2C)CC(=O)N(C2CCCC2)C1=O. The molecule has 4 rings (SSSR count). The zero-order chi connectivity index (χ0) is 23.6. The van der Waals surface area contributed by atoms with E-state index in [-0.39, 0.29) is 43.2 Å². The summed E-state index contributed by atoms with van der Waals surface area (Å²) in [5, 5.41) is 0. The molecule has 0 N–H and O–H groups in total. The first-order valence-electron chi connectivity index (χ1n) is 12.3. The number of carbonyl (C=O) groups is 4. The highest BCUT2D eigenvalue weighted by molar-refractivity contribution is 6.11. The first-order valence-corrected chi connectivity index (χ1v) is 12.3. The Morgan fingerprint density at radius 1 is 1.06 bits per heavy atom. The molecule has 0 unspecified atom stereocenters. The number of esters is 1. The van der Waals surface area contributed by atoms with E-state index in [0.29, 0.717) is 13.0 Å². The van der Waals surface area contributed by atoms with Crippen molar-refractivity contribution in [3.63, 3.8) is 0 Å². The Morgan fingerprint density at radius 3 is 2.45 bits per heavy atom. The fourth-order valence-electron chi connectivity index (χ4n) is 5.92. The quantitative estimate of drug-likeness (QED) is 0.487. The molecule has 2 aliphatic heterocycles. The fraction of sp³-hybridized carbons (Fsp3) is 0.615. The number of piperidine rings is 1. The Bertz CT molecular complexity index is 938. The lowest BCUT2D eigenvalue weighted by molar-refractivity contribution is -0.157. The Balaban J connectivity index is 1.68. The van der Waals surface area contributed by atoms with E-state index in [1.807, 2.05) is 31.2 Å². The van der Waals surface area contributed by atoms with E-state index in [4.69, 9.17) is 4.74 Å². The van der Waals surface area contributed by atoms with Crippen molar-refractivity contribution in [2.45, 2.75) is 89.1 Å². The summed E-state index contributed by atoms with van der Waals surface area (Å²) in [6, 6.07) is 6.83. The molecule has 1 saturated carbocycles. The third-order valence-corrected chi connectivity index (χ3v) is 7.54. The van der Waals surface area contributed by atoms with Crippen LogP contribution in [0, 0.1) is 6.92 Å². The maximum Gasteiger partial charge on any atom is 0.328 e. The minimum Gasteiger partial charge on any atom is -0.464 e. The van der Waals surface area contributed by atoms with Crippen LogP contribution in [0.4, 0.5) is 0 Å². The Labute approximate surface area is 195 Å². The van der Waals surface area contributed by atoms with Gasteiger partial charge in [0.05, 0.1) is 12.0 Å². The molecule has 1 aromatic carbocycles. The predicted octanol–water partition coefficient (Wildman–Crippen LogP) is 3.27. The number of hydrogen-bond acceptors (Lipinski definition) is 5. The number of ether oxygens (including phenoxy) is 1. The molecule has 7 nitrogen and oxygen atoms in total. The van der Waals surface area contributed by atoms with Crippen molar-refractivity contribution in [2.24, 2.45) is 0 Å². The van der Waals surface area contributed by atoms with Crippen LogP contribution in [0.1, 0.15) is 75.8 Å². The summed E-state index contributed by atoms with van der Waals surface area (Å²) >= 11 is 0. The van der Waals surface area contributed by atoms with Gasteiger partial charge in [-0.1, -0.05) is 37.1 Å². The molecule has 3 fully saturated rings. The average Bonchev–Trinajstić information content (AvgIpc) is 3.41. The molecular weight excluding hydrogens is 420 g/mol. The van der Waals surface area contributed by atoms with Gasteiger partial charge in [0.1, 0.15) is 6.04 Å². The van der Waals surface area contributed by atoms with Gasteiger partial charge in [-0.15, -0.1) is 0 Å². The highest BCUT2D eigenvalue weighted by Crippen LogP contribution is 2.44. The molecule has 0 radical (unpaired) electrons. The number of aryl methyl sites for hydroxylation is 1. The van der Waals surface area contributed by atoms with Crippen molar-refractivity contribution in [1.29, 1.82) is 0 Å². The van der Waals surface area contributed by atoms with E-state index in [1.165, 1.54) is 4.90 Å². The van der Waals surface area contributed by atoms with Gasteiger partial charge in [-0.2, -0.15) is 0 Å². The van der Waals surface area contributed by atoms with Crippen LogP contribution in [0.25, 0.3) is 0 Å². The zero-order valence-corrected chi connectivity index (χ0v) is 19.7. The first kappa shape index (κ1) is 23.5. The van der Waals surface area contributed by atoms with Crippen LogP contribution in [-0.4, -0.2) is 58.7 Å². The van der Waals surface area contributed by atoms with Crippen LogP contribution < -0.4 is 0 Å². The first-order chi connectivity index (χ1) is 15.9. The number of carbonyl (C=O) groups excluding carboxylic acids is 4. The Hall–Kier alpha value is -2.70. The maximum absolute atomic E-state index is 14.0. The van der Waals surface area contributed by atoms with Crippen molar-refractivity contribution >= 4 is 23.7 Å². The molecule has 2 atom stereocenters. The number of amides is 3. The van der Waals surface area contributed by atoms with E-state index in [2.05, 4.69) is 0 Å². The van der Waals surface area contributed by atoms with Gasteiger partial charge in [0.25, 0.3) is 0 Å². The predicted molar refractivity (Wildman–Crippen MR) is 122 cm³/mol. The molecule has 2 heterocycles. The molecule has 0 aromatic heterocycles. The number of likely N-dealkylation sites (tertiary alicyclic amines) is 2. The van der Waals surface area contributed by atoms with Crippen molar-refractivity contribution in [2.75, 3.05) is 13.2 Å². The average molecular weight is 455 g/mol. The second-order valence-corrected chi connectivity index (χ2v) is 9.61. The van der Waals surface area contributed by atoms with Gasteiger partial charge in [0.2, 0.25) is 17.7 Å². The molecule has 3 amide bonds. The van der Waals surface area contributed by atoms with E-state index >= 15 is 0 Å². The molecular formula is C26H34N2O5. The topological polar surface area (TPSA) is 84.0 Å². The van der Waals surface area contributed by atoms with Gasteiger partial charge in [-0.25, -0.2) is 4.79 Å². The molecule has 1 aliphatic carbocycles. The largest absolute Gasteiger partial charge is 0.464 e. The summed E-state index contributed by atoms with van der Waals surface area (Å²) in [5.74, 6) is -1.10. The third-order valence-electron chi connectivity index (χ3n) is 7.54. The van der Waals surface area contributed by atoms with E-state index in [9.17, 15) is 19.2 Å². The minimum atomic E-state index is -1.22. The van der Waals surface area contributed by atoms with Crippen molar-refractivity contribution in [3.8, 4) is 0 Å². The standard InChI is InChI=1S/C26H34N2O5/c1-3-33-24(31)21-14-8-9-15-27(21)22(29)16-26(20-13-7-4-10-18(20)2)17-23(30)28(25(26)32)19-11-5-6-12-19/h4,7,10,13,19,21H,3,5-6,8-9,11-12,14-17H2,1-2H3/t21-,26-/m1/s1. The molecule has 3 aliphatic rings. The molecule has 0 bridgehead atoms.